The molecule has 0 aliphatic carbocycles. The third-order valence-electron chi connectivity index (χ3n) is 5.00. The van der Waals surface area contributed by atoms with Gasteiger partial charge in [-0.05, 0) is 19.1 Å². The zero-order chi connectivity index (χ0) is 21.8. The van der Waals surface area contributed by atoms with Gasteiger partial charge in [0.25, 0.3) is 0 Å². The van der Waals surface area contributed by atoms with Gasteiger partial charge in [-0.3, -0.25) is 4.79 Å². The summed E-state index contributed by atoms with van der Waals surface area (Å²) in [5.41, 5.74) is 2.82. The van der Waals surface area contributed by atoms with Crippen molar-refractivity contribution in [2.24, 2.45) is 7.05 Å². The molecule has 0 saturated carbocycles. The average Bonchev–Trinajstić information content (AvgIpc) is 3.41. The van der Waals surface area contributed by atoms with Crippen LogP contribution in [0, 0.1) is 18.3 Å². The van der Waals surface area contributed by atoms with Crippen LogP contribution in [0.25, 0.3) is 22.8 Å². The van der Waals surface area contributed by atoms with Gasteiger partial charge in [-0.15, -0.1) is 20.4 Å². The molecule has 0 spiro atoms. The largest absolute Gasteiger partial charge is 0.421 e. The number of hydrogen-bond acceptors (Lipinski definition) is 7. The van der Waals surface area contributed by atoms with Crippen LogP contribution in [0.4, 0.5) is 0 Å². The number of aryl methyl sites for hydroxylation is 2. The maximum absolute atomic E-state index is 12.8. The standard InChI is InChI=1S/C23H20N6O2/c1-15-8-10-17(11-9-15)23-28-25-20(31-23)13-12-19(30)18(14-24)22-27-26-21(29(22)2)16-6-4-3-5-7-16/h3-11,18H,12-13H2,1-2H3. The molecular formula is C23H20N6O2. The minimum atomic E-state index is -1.02. The zero-order valence-corrected chi connectivity index (χ0v) is 17.2. The van der Waals surface area contributed by atoms with Crippen LogP contribution in [-0.4, -0.2) is 30.7 Å². The summed E-state index contributed by atoms with van der Waals surface area (Å²) in [4.78, 5) is 12.8. The number of carbonyl (C=O) groups excluding carboxylic acids is 1. The number of ketones is 1. The molecule has 0 aliphatic heterocycles. The molecule has 0 bridgehead atoms. The van der Waals surface area contributed by atoms with Gasteiger partial charge < -0.3 is 8.98 Å². The number of nitrogens with zero attached hydrogens (tertiary/aromatic N) is 6. The van der Waals surface area contributed by atoms with Crippen molar-refractivity contribution in [1.82, 2.24) is 25.0 Å². The number of benzene rings is 2. The van der Waals surface area contributed by atoms with Crippen LogP contribution in [-0.2, 0) is 18.3 Å². The highest BCUT2D eigenvalue weighted by atomic mass is 16.4. The van der Waals surface area contributed by atoms with Crippen LogP contribution in [0.3, 0.4) is 0 Å². The van der Waals surface area contributed by atoms with Crippen molar-refractivity contribution in [1.29, 1.82) is 5.26 Å². The molecule has 2 aromatic carbocycles. The van der Waals surface area contributed by atoms with Crippen molar-refractivity contribution in [3.63, 3.8) is 0 Å². The molecule has 0 amide bonds. The van der Waals surface area contributed by atoms with E-state index in [0.29, 0.717) is 23.4 Å². The van der Waals surface area contributed by atoms with Crippen molar-refractivity contribution in [2.45, 2.75) is 25.7 Å². The quantitative estimate of drug-likeness (QED) is 0.455. The van der Waals surface area contributed by atoms with Gasteiger partial charge in [0.1, 0.15) is 0 Å². The normalized spacial score (nSPS) is 11.8. The summed E-state index contributed by atoms with van der Waals surface area (Å²) in [7, 11) is 1.75. The number of Topliss-reactive ketones (excluding diaryl/α,β-unsaturated/α-hetero) is 1. The van der Waals surface area contributed by atoms with E-state index >= 15 is 0 Å². The number of hydrogen-bond donors (Lipinski definition) is 0. The molecule has 0 aliphatic rings. The number of aromatic nitrogens is 5. The van der Waals surface area contributed by atoms with Crippen molar-refractivity contribution >= 4 is 5.78 Å². The van der Waals surface area contributed by atoms with E-state index in [2.05, 4.69) is 26.5 Å². The van der Waals surface area contributed by atoms with Gasteiger partial charge in [0.05, 0.1) is 6.07 Å². The minimum absolute atomic E-state index is 0.0846. The summed E-state index contributed by atoms with van der Waals surface area (Å²) in [5, 5.41) is 26.0. The van der Waals surface area contributed by atoms with Crippen molar-refractivity contribution in [3.05, 3.63) is 71.9 Å². The highest BCUT2D eigenvalue weighted by Crippen LogP contribution is 2.23. The maximum Gasteiger partial charge on any atom is 0.247 e. The van der Waals surface area contributed by atoms with E-state index in [1.807, 2.05) is 61.5 Å². The molecule has 154 valence electrons. The third kappa shape index (κ3) is 4.26. The predicted octanol–water partition coefficient (Wildman–Crippen LogP) is 3.65. The molecule has 0 fully saturated rings. The first-order valence-corrected chi connectivity index (χ1v) is 9.83. The van der Waals surface area contributed by atoms with E-state index in [1.54, 1.807) is 11.6 Å². The molecule has 2 heterocycles. The molecule has 8 nitrogen and oxygen atoms in total. The molecule has 0 radical (unpaired) electrons. The van der Waals surface area contributed by atoms with Crippen LogP contribution in [0.15, 0.2) is 59.0 Å². The first-order valence-electron chi connectivity index (χ1n) is 9.83. The molecule has 0 N–H and O–H groups in total. The Kier molecular flexibility index (Phi) is 5.67. The van der Waals surface area contributed by atoms with Gasteiger partial charge in [-0.1, -0.05) is 48.0 Å². The van der Waals surface area contributed by atoms with E-state index in [0.717, 1.165) is 16.7 Å². The molecule has 2 aromatic heterocycles. The van der Waals surface area contributed by atoms with E-state index < -0.39 is 5.92 Å². The van der Waals surface area contributed by atoms with Crippen molar-refractivity contribution < 1.29 is 9.21 Å². The molecule has 1 atom stereocenters. The number of rotatable bonds is 7. The Bertz CT molecular complexity index is 1240. The second kappa shape index (κ2) is 8.71. The first-order chi connectivity index (χ1) is 15.1. The third-order valence-corrected chi connectivity index (χ3v) is 5.00. The number of nitriles is 1. The number of carbonyl (C=O) groups is 1. The fourth-order valence-corrected chi connectivity index (χ4v) is 3.25. The Morgan fingerprint density at radius 3 is 2.48 bits per heavy atom. The van der Waals surface area contributed by atoms with Crippen LogP contribution >= 0.6 is 0 Å². The van der Waals surface area contributed by atoms with E-state index in [-0.39, 0.29) is 18.6 Å². The van der Waals surface area contributed by atoms with Gasteiger partial charge in [0.2, 0.25) is 11.8 Å². The van der Waals surface area contributed by atoms with Crippen LogP contribution < -0.4 is 0 Å². The average molecular weight is 412 g/mol. The lowest BCUT2D eigenvalue weighted by molar-refractivity contribution is -0.119. The summed E-state index contributed by atoms with van der Waals surface area (Å²) >= 11 is 0. The summed E-state index contributed by atoms with van der Waals surface area (Å²) in [6.07, 6.45) is 0.334. The predicted molar refractivity (Wildman–Crippen MR) is 113 cm³/mol. The van der Waals surface area contributed by atoms with Gasteiger partial charge >= 0.3 is 0 Å². The second-order valence-corrected chi connectivity index (χ2v) is 7.20. The lowest BCUT2D eigenvalue weighted by atomic mass is 10.0. The fourth-order valence-electron chi connectivity index (χ4n) is 3.25. The first kappa shape index (κ1) is 20.2. The molecular weight excluding hydrogens is 392 g/mol. The Morgan fingerprint density at radius 2 is 1.77 bits per heavy atom. The van der Waals surface area contributed by atoms with Crippen molar-refractivity contribution in [2.75, 3.05) is 0 Å². The Balaban J connectivity index is 1.45. The Morgan fingerprint density at radius 1 is 1.03 bits per heavy atom. The summed E-state index contributed by atoms with van der Waals surface area (Å²) in [6.45, 7) is 2.00. The monoisotopic (exact) mass is 412 g/mol. The summed E-state index contributed by atoms with van der Waals surface area (Å²) in [5.74, 6) is 0.381. The minimum Gasteiger partial charge on any atom is -0.421 e. The van der Waals surface area contributed by atoms with Gasteiger partial charge in [-0.25, -0.2) is 0 Å². The maximum atomic E-state index is 12.8. The van der Waals surface area contributed by atoms with Crippen LogP contribution in [0.5, 0.6) is 0 Å². The van der Waals surface area contributed by atoms with E-state index in [1.165, 1.54) is 0 Å². The lowest BCUT2D eigenvalue weighted by Crippen LogP contribution is -2.16. The van der Waals surface area contributed by atoms with E-state index in [9.17, 15) is 10.1 Å². The zero-order valence-electron chi connectivity index (χ0n) is 17.2. The van der Waals surface area contributed by atoms with Crippen molar-refractivity contribution in [3.8, 4) is 28.9 Å². The topological polar surface area (TPSA) is 110 Å². The molecule has 0 saturated heterocycles. The molecule has 4 rings (SSSR count). The SMILES string of the molecule is Cc1ccc(-c2nnc(CCC(=O)C(C#N)c3nnc(-c4ccccc4)n3C)o2)cc1. The lowest BCUT2D eigenvalue weighted by Gasteiger charge is -2.08. The molecule has 8 heteroatoms. The molecule has 4 aromatic rings. The summed E-state index contributed by atoms with van der Waals surface area (Å²) < 4.78 is 7.36. The second-order valence-electron chi connectivity index (χ2n) is 7.20. The Labute approximate surface area is 179 Å². The molecule has 1 unspecified atom stereocenters. The fraction of sp³-hybridized carbons (Fsp3) is 0.217. The van der Waals surface area contributed by atoms with Gasteiger partial charge in [0.15, 0.2) is 23.3 Å². The molecule has 31 heavy (non-hydrogen) atoms. The highest BCUT2D eigenvalue weighted by molar-refractivity contribution is 5.87. The van der Waals surface area contributed by atoms with E-state index in [4.69, 9.17) is 4.42 Å². The van der Waals surface area contributed by atoms with Crippen LogP contribution in [0.1, 0.15) is 29.6 Å². The smallest absolute Gasteiger partial charge is 0.247 e. The highest BCUT2D eigenvalue weighted by Gasteiger charge is 2.27. The van der Waals surface area contributed by atoms with Gasteiger partial charge in [-0.2, -0.15) is 5.26 Å². The summed E-state index contributed by atoms with van der Waals surface area (Å²) in [6, 6.07) is 19.3. The Hall–Kier alpha value is -4.12. The van der Waals surface area contributed by atoms with Crippen LogP contribution in [0.2, 0.25) is 0 Å². The van der Waals surface area contributed by atoms with Gasteiger partial charge in [0, 0.05) is 31.0 Å².